The lowest BCUT2D eigenvalue weighted by Gasteiger charge is -2.27. The van der Waals surface area contributed by atoms with Crippen molar-refractivity contribution in [3.63, 3.8) is 0 Å². The molecule has 0 aliphatic rings. The molecule has 1 unspecified atom stereocenters. The third-order valence-corrected chi connectivity index (χ3v) is 4.57. The van der Waals surface area contributed by atoms with Crippen LogP contribution in [0.25, 0.3) is 0 Å². The molecule has 0 saturated carbocycles. The molecule has 0 bridgehead atoms. The van der Waals surface area contributed by atoms with E-state index in [1.165, 1.54) is 0 Å². The van der Waals surface area contributed by atoms with E-state index in [2.05, 4.69) is 6.58 Å². The first-order valence-electron chi connectivity index (χ1n) is 8.84. The lowest BCUT2D eigenvalue weighted by Crippen LogP contribution is -2.37. The number of hydrogen-bond donors (Lipinski definition) is 0. The van der Waals surface area contributed by atoms with Gasteiger partial charge in [-0.25, -0.2) is 0 Å². The van der Waals surface area contributed by atoms with Crippen LogP contribution in [0.2, 0.25) is 0 Å². The molecule has 0 fully saturated rings. The Hall–Kier alpha value is -1.50. The maximum Gasteiger partial charge on any atom is 0.268 e. The molecule has 27 heavy (non-hydrogen) atoms. The summed E-state index contributed by atoms with van der Waals surface area (Å²) >= 11 is 0. The minimum absolute atomic E-state index is 0.0561. The largest absolute Gasteiger partial charge is 0.756 e. The lowest BCUT2D eigenvalue weighted by atomic mass is 10.1. The Morgan fingerprint density at radius 1 is 1.07 bits per heavy atom. The van der Waals surface area contributed by atoms with E-state index in [1.807, 2.05) is 21.1 Å². The Bertz CT molecular complexity index is 666. The molecule has 1 aromatic rings. The third-order valence-electron chi connectivity index (χ3n) is 3.57. The van der Waals surface area contributed by atoms with Crippen molar-refractivity contribution in [1.82, 2.24) is 0 Å². The number of rotatable bonds is 13. The van der Waals surface area contributed by atoms with Gasteiger partial charge < -0.3 is 23.2 Å². The second-order valence-electron chi connectivity index (χ2n) is 7.32. The summed E-state index contributed by atoms with van der Waals surface area (Å²) in [5.74, 6) is 0.553. The first kappa shape index (κ1) is 23.5. The number of likely N-dealkylation sites (N-methyl/N-ethyl adjacent to an activating group) is 1. The quantitative estimate of drug-likeness (QED) is 0.167. The molecule has 0 amide bonds. The number of nitrogens with zero attached hydrogens (tertiary/aromatic N) is 1. The van der Waals surface area contributed by atoms with E-state index in [1.54, 1.807) is 31.2 Å². The van der Waals surface area contributed by atoms with Crippen molar-refractivity contribution in [2.75, 3.05) is 47.5 Å². The summed E-state index contributed by atoms with van der Waals surface area (Å²) in [5, 5.41) is 0. The summed E-state index contributed by atoms with van der Waals surface area (Å²) in [6, 6.07) is 6.83. The smallest absolute Gasteiger partial charge is 0.268 e. The Kier molecular flexibility index (Phi) is 9.36. The number of allylic oxidation sites excluding steroid dienone is 1. The van der Waals surface area contributed by atoms with Gasteiger partial charge in [0, 0.05) is 5.56 Å². The molecule has 0 radical (unpaired) electrons. The van der Waals surface area contributed by atoms with E-state index in [-0.39, 0.29) is 19.0 Å². The van der Waals surface area contributed by atoms with Crippen LogP contribution in [0.5, 0.6) is 5.75 Å². The van der Waals surface area contributed by atoms with E-state index in [0.29, 0.717) is 47.4 Å². The molecule has 7 nitrogen and oxygen atoms in total. The topological polar surface area (TPSA) is 84.9 Å². The molecule has 8 heteroatoms. The fraction of sp³-hybridized carbons (Fsp3) is 0.526. The van der Waals surface area contributed by atoms with E-state index < -0.39 is 7.82 Å². The SMILES string of the molecule is C=C(C)C(=O)c1ccc(OCCCCOP(=O)([O-])OCC[N+](C)(C)C)cc1. The second-order valence-corrected chi connectivity index (χ2v) is 8.73. The predicted octanol–water partition coefficient (Wildman–Crippen LogP) is 2.81. The van der Waals surface area contributed by atoms with Crippen LogP contribution in [0.15, 0.2) is 36.4 Å². The van der Waals surface area contributed by atoms with Crippen LogP contribution >= 0.6 is 7.82 Å². The zero-order chi connectivity index (χ0) is 20.5. The summed E-state index contributed by atoms with van der Waals surface area (Å²) < 4.78 is 27.4. The average Bonchev–Trinajstić information content (AvgIpc) is 2.56. The number of ether oxygens (including phenoxy) is 1. The highest BCUT2D eigenvalue weighted by Gasteiger charge is 2.13. The number of quaternary nitrogens is 1. The van der Waals surface area contributed by atoms with Gasteiger partial charge in [-0.05, 0) is 49.6 Å². The van der Waals surface area contributed by atoms with Gasteiger partial charge in [-0.3, -0.25) is 9.36 Å². The number of carbonyl (C=O) groups excluding carboxylic acids is 1. The van der Waals surface area contributed by atoms with Gasteiger partial charge in [-0.15, -0.1) is 0 Å². The normalized spacial score (nSPS) is 13.8. The Labute approximate surface area is 161 Å². The van der Waals surface area contributed by atoms with E-state index in [4.69, 9.17) is 13.8 Å². The average molecular weight is 399 g/mol. The lowest BCUT2D eigenvalue weighted by molar-refractivity contribution is -0.870. The van der Waals surface area contributed by atoms with E-state index in [0.717, 1.165) is 0 Å². The number of hydrogen-bond acceptors (Lipinski definition) is 6. The Morgan fingerprint density at radius 2 is 1.63 bits per heavy atom. The Morgan fingerprint density at radius 3 is 2.19 bits per heavy atom. The molecule has 0 aliphatic heterocycles. The van der Waals surface area contributed by atoms with Gasteiger partial charge in [-0.2, -0.15) is 0 Å². The first-order valence-corrected chi connectivity index (χ1v) is 10.3. The van der Waals surface area contributed by atoms with Crippen molar-refractivity contribution in [2.24, 2.45) is 0 Å². The van der Waals surface area contributed by atoms with Crippen LogP contribution in [0.1, 0.15) is 30.1 Å². The van der Waals surface area contributed by atoms with Gasteiger partial charge in [0.25, 0.3) is 7.82 Å². The molecule has 0 N–H and O–H groups in total. The van der Waals surface area contributed by atoms with Gasteiger partial charge >= 0.3 is 0 Å². The van der Waals surface area contributed by atoms with Crippen LogP contribution in [0.4, 0.5) is 0 Å². The molecule has 1 rings (SSSR count). The van der Waals surface area contributed by atoms with Crippen molar-refractivity contribution < 1.29 is 32.5 Å². The molecule has 0 heterocycles. The van der Waals surface area contributed by atoms with Crippen LogP contribution < -0.4 is 9.63 Å². The van der Waals surface area contributed by atoms with Crippen LogP contribution in [-0.4, -0.2) is 57.8 Å². The summed E-state index contributed by atoms with van der Waals surface area (Å²) in [5.41, 5.74) is 1.06. The molecule has 0 spiro atoms. The number of Topliss-reactive ketones (excluding diaryl/α,β-unsaturated/α-hetero) is 1. The standard InChI is InChI=1S/C19H30NO6P/c1-16(2)19(21)17-8-10-18(11-9-17)24-13-6-7-14-25-27(22,23)26-15-12-20(3,4)5/h8-11H,1,6-7,12-15H2,2-5H3. The van der Waals surface area contributed by atoms with E-state index >= 15 is 0 Å². The zero-order valence-electron chi connectivity index (χ0n) is 16.6. The number of phosphoric ester groups is 1. The zero-order valence-corrected chi connectivity index (χ0v) is 17.5. The van der Waals surface area contributed by atoms with Gasteiger partial charge in [0.05, 0.1) is 34.4 Å². The van der Waals surface area contributed by atoms with Gasteiger partial charge in [0.1, 0.15) is 18.9 Å². The minimum Gasteiger partial charge on any atom is -0.756 e. The van der Waals surface area contributed by atoms with Crippen molar-refractivity contribution in [3.8, 4) is 5.75 Å². The van der Waals surface area contributed by atoms with E-state index in [9.17, 15) is 14.3 Å². The number of carbonyl (C=O) groups is 1. The Balaban J connectivity index is 2.20. The fourth-order valence-corrected chi connectivity index (χ4v) is 2.72. The number of benzene rings is 1. The predicted molar refractivity (Wildman–Crippen MR) is 103 cm³/mol. The third kappa shape index (κ3) is 10.4. The highest BCUT2D eigenvalue weighted by atomic mass is 31.2. The number of unbranched alkanes of at least 4 members (excludes halogenated alkanes) is 1. The maximum absolute atomic E-state index is 11.8. The van der Waals surface area contributed by atoms with Crippen molar-refractivity contribution in [3.05, 3.63) is 42.0 Å². The van der Waals surface area contributed by atoms with Gasteiger partial charge in [0.2, 0.25) is 0 Å². The minimum atomic E-state index is -4.25. The molecule has 0 aliphatic carbocycles. The van der Waals surface area contributed by atoms with Crippen molar-refractivity contribution >= 4 is 13.6 Å². The van der Waals surface area contributed by atoms with Crippen LogP contribution in [0.3, 0.4) is 0 Å². The molecule has 0 aromatic heterocycles. The fourth-order valence-electron chi connectivity index (χ4n) is 1.98. The first-order chi connectivity index (χ1) is 12.5. The molecule has 0 saturated heterocycles. The highest BCUT2D eigenvalue weighted by Crippen LogP contribution is 2.38. The number of phosphoric acid groups is 1. The van der Waals surface area contributed by atoms with Crippen molar-refractivity contribution in [2.45, 2.75) is 19.8 Å². The maximum atomic E-state index is 11.8. The molecular formula is C19H30NO6P. The summed E-state index contributed by atoms with van der Waals surface area (Å²) in [4.78, 5) is 23.4. The molecular weight excluding hydrogens is 369 g/mol. The second kappa shape index (κ2) is 10.7. The summed E-state index contributed by atoms with van der Waals surface area (Å²) in [6.45, 7) is 6.44. The molecule has 1 aromatic carbocycles. The molecule has 1 atom stereocenters. The summed E-state index contributed by atoms with van der Waals surface area (Å²) in [7, 11) is 1.60. The van der Waals surface area contributed by atoms with Crippen molar-refractivity contribution in [1.29, 1.82) is 0 Å². The monoisotopic (exact) mass is 399 g/mol. The summed E-state index contributed by atoms with van der Waals surface area (Å²) in [6.07, 6.45) is 1.16. The van der Waals surface area contributed by atoms with Crippen LogP contribution in [0, 0.1) is 0 Å². The number of ketones is 1. The highest BCUT2D eigenvalue weighted by molar-refractivity contribution is 7.45. The molecule has 152 valence electrons. The van der Waals surface area contributed by atoms with Gasteiger partial charge in [-0.1, -0.05) is 6.58 Å². The van der Waals surface area contributed by atoms with Crippen LogP contribution in [-0.2, 0) is 13.6 Å². The van der Waals surface area contributed by atoms with Gasteiger partial charge in [0.15, 0.2) is 5.78 Å².